The number of rotatable bonds is 6. The second kappa shape index (κ2) is 6.79. The SMILES string of the molecule is CC(C)CC[C@]1(CCc2ccccc2)CC(O)=CC(=O)O1. The average Bonchev–Trinajstić information content (AvgIpc) is 2.43. The monoisotopic (exact) mass is 288 g/mol. The van der Waals surface area contributed by atoms with Crippen molar-refractivity contribution in [2.24, 2.45) is 5.92 Å². The van der Waals surface area contributed by atoms with Gasteiger partial charge < -0.3 is 9.84 Å². The predicted molar refractivity (Wildman–Crippen MR) is 83.0 cm³/mol. The molecule has 0 amide bonds. The van der Waals surface area contributed by atoms with Gasteiger partial charge in [-0.1, -0.05) is 44.2 Å². The standard InChI is InChI=1S/C18H24O3/c1-14(2)8-10-18(13-16(19)12-17(20)21-18)11-9-15-6-4-3-5-7-15/h3-7,12,14,19H,8-11,13H2,1-2H3/t18-/m0/s1. The first-order valence-corrected chi connectivity index (χ1v) is 7.65. The summed E-state index contributed by atoms with van der Waals surface area (Å²) in [6.07, 6.45) is 4.98. The maximum atomic E-state index is 11.7. The first-order valence-electron chi connectivity index (χ1n) is 7.65. The number of aliphatic hydroxyl groups excluding tert-OH is 1. The number of cyclic esters (lactones) is 1. The Kier molecular flexibility index (Phi) is 5.05. The summed E-state index contributed by atoms with van der Waals surface area (Å²) in [6, 6.07) is 10.2. The van der Waals surface area contributed by atoms with Crippen molar-refractivity contribution in [1.82, 2.24) is 0 Å². The van der Waals surface area contributed by atoms with Crippen LogP contribution in [0.25, 0.3) is 0 Å². The molecule has 0 spiro atoms. The van der Waals surface area contributed by atoms with Crippen LogP contribution < -0.4 is 0 Å². The molecule has 0 fully saturated rings. The Morgan fingerprint density at radius 1 is 1.24 bits per heavy atom. The molecule has 0 radical (unpaired) electrons. The van der Waals surface area contributed by atoms with Crippen molar-refractivity contribution in [3.8, 4) is 0 Å². The van der Waals surface area contributed by atoms with Crippen LogP contribution in [0.4, 0.5) is 0 Å². The van der Waals surface area contributed by atoms with Gasteiger partial charge in [0.1, 0.15) is 11.4 Å². The zero-order valence-corrected chi connectivity index (χ0v) is 12.8. The van der Waals surface area contributed by atoms with Crippen molar-refractivity contribution < 1.29 is 14.6 Å². The molecule has 3 heteroatoms. The van der Waals surface area contributed by atoms with E-state index in [0.29, 0.717) is 12.3 Å². The van der Waals surface area contributed by atoms with Gasteiger partial charge in [0.15, 0.2) is 0 Å². The van der Waals surface area contributed by atoms with Gasteiger partial charge in [-0.25, -0.2) is 4.79 Å². The molecule has 1 heterocycles. The van der Waals surface area contributed by atoms with E-state index in [4.69, 9.17) is 4.74 Å². The van der Waals surface area contributed by atoms with E-state index in [0.717, 1.165) is 25.7 Å². The van der Waals surface area contributed by atoms with Crippen molar-refractivity contribution in [2.45, 2.75) is 51.6 Å². The Morgan fingerprint density at radius 3 is 2.57 bits per heavy atom. The lowest BCUT2D eigenvalue weighted by Crippen LogP contribution is -2.39. The molecule has 1 atom stereocenters. The van der Waals surface area contributed by atoms with E-state index in [-0.39, 0.29) is 5.76 Å². The van der Waals surface area contributed by atoms with Gasteiger partial charge >= 0.3 is 5.97 Å². The van der Waals surface area contributed by atoms with Crippen molar-refractivity contribution >= 4 is 5.97 Å². The number of hydrogen-bond donors (Lipinski definition) is 1. The van der Waals surface area contributed by atoms with Gasteiger partial charge in [-0.3, -0.25) is 0 Å². The molecular formula is C18H24O3. The fraction of sp³-hybridized carbons (Fsp3) is 0.500. The zero-order valence-electron chi connectivity index (χ0n) is 12.8. The molecule has 0 saturated carbocycles. The minimum Gasteiger partial charge on any atom is -0.512 e. The van der Waals surface area contributed by atoms with E-state index in [1.54, 1.807) is 0 Å². The minimum atomic E-state index is -0.559. The Balaban J connectivity index is 2.08. The molecule has 0 unspecified atom stereocenters. The smallest absolute Gasteiger partial charge is 0.334 e. The van der Waals surface area contributed by atoms with E-state index < -0.39 is 11.6 Å². The lowest BCUT2D eigenvalue weighted by molar-refractivity contribution is -0.159. The molecule has 2 rings (SSSR count). The third-order valence-corrected chi connectivity index (χ3v) is 3.99. The number of benzene rings is 1. The molecule has 1 aliphatic heterocycles. The molecule has 0 bridgehead atoms. The zero-order chi connectivity index (χ0) is 15.3. The highest BCUT2D eigenvalue weighted by molar-refractivity contribution is 5.83. The second-order valence-electron chi connectivity index (χ2n) is 6.33. The third kappa shape index (κ3) is 4.62. The maximum Gasteiger partial charge on any atom is 0.334 e. The van der Waals surface area contributed by atoms with E-state index in [2.05, 4.69) is 26.0 Å². The summed E-state index contributed by atoms with van der Waals surface area (Å²) in [5.74, 6) is 0.268. The number of ether oxygens (including phenoxy) is 1. The number of hydrogen-bond acceptors (Lipinski definition) is 3. The third-order valence-electron chi connectivity index (χ3n) is 3.99. The Bertz CT molecular complexity index is 504. The quantitative estimate of drug-likeness (QED) is 0.799. The Morgan fingerprint density at radius 2 is 1.95 bits per heavy atom. The fourth-order valence-corrected chi connectivity index (χ4v) is 2.77. The largest absolute Gasteiger partial charge is 0.512 e. The first kappa shape index (κ1) is 15.6. The maximum absolute atomic E-state index is 11.7. The number of carbonyl (C=O) groups is 1. The molecule has 0 saturated heterocycles. The lowest BCUT2D eigenvalue weighted by Gasteiger charge is -2.36. The molecule has 0 aliphatic carbocycles. The highest BCUT2D eigenvalue weighted by Crippen LogP contribution is 2.35. The van der Waals surface area contributed by atoms with Crippen LogP contribution in [-0.2, 0) is 16.0 Å². The van der Waals surface area contributed by atoms with Crippen molar-refractivity contribution in [3.05, 3.63) is 47.7 Å². The van der Waals surface area contributed by atoms with Crippen molar-refractivity contribution in [3.63, 3.8) is 0 Å². The first-order chi connectivity index (χ1) is 9.99. The molecule has 1 aromatic carbocycles. The van der Waals surface area contributed by atoms with Crippen LogP contribution in [0.3, 0.4) is 0 Å². The van der Waals surface area contributed by atoms with Gasteiger partial charge in [-0.15, -0.1) is 0 Å². The summed E-state index contributed by atoms with van der Waals surface area (Å²) in [6.45, 7) is 4.32. The van der Waals surface area contributed by atoms with Crippen LogP contribution in [0.5, 0.6) is 0 Å². The van der Waals surface area contributed by atoms with Crippen molar-refractivity contribution in [1.29, 1.82) is 0 Å². The summed E-state index contributed by atoms with van der Waals surface area (Å²) in [5, 5.41) is 9.84. The normalized spacial score (nSPS) is 22.0. The summed E-state index contributed by atoms with van der Waals surface area (Å²) in [7, 11) is 0. The van der Waals surface area contributed by atoms with Crippen LogP contribution in [0.1, 0.15) is 45.1 Å². The number of aliphatic hydroxyl groups is 1. The number of esters is 1. The van der Waals surface area contributed by atoms with Gasteiger partial charge in [-0.2, -0.15) is 0 Å². The molecular weight excluding hydrogens is 264 g/mol. The lowest BCUT2D eigenvalue weighted by atomic mass is 9.83. The van der Waals surface area contributed by atoms with Gasteiger partial charge in [-0.05, 0) is 37.2 Å². The van der Waals surface area contributed by atoms with Gasteiger partial charge in [0.2, 0.25) is 0 Å². The van der Waals surface area contributed by atoms with Crippen LogP contribution in [0.15, 0.2) is 42.2 Å². The van der Waals surface area contributed by atoms with E-state index in [9.17, 15) is 9.90 Å². The average molecular weight is 288 g/mol. The summed E-state index contributed by atoms with van der Waals surface area (Å²) >= 11 is 0. The van der Waals surface area contributed by atoms with Gasteiger partial charge in [0, 0.05) is 6.42 Å². The van der Waals surface area contributed by atoms with Crippen molar-refractivity contribution in [2.75, 3.05) is 0 Å². The summed E-state index contributed by atoms with van der Waals surface area (Å²) in [4.78, 5) is 11.7. The highest BCUT2D eigenvalue weighted by Gasteiger charge is 2.37. The minimum absolute atomic E-state index is 0.142. The summed E-state index contributed by atoms with van der Waals surface area (Å²) < 4.78 is 5.64. The van der Waals surface area contributed by atoms with E-state index in [1.165, 1.54) is 11.6 Å². The number of aryl methyl sites for hydroxylation is 1. The molecule has 1 aliphatic rings. The molecule has 3 nitrogen and oxygen atoms in total. The van der Waals surface area contributed by atoms with E-state index >= 15 is 0 Å². The Hall–Kier alpha value is -1.77. The van der Waals surface area contributed by atoms with Gasteiger partial charge in [0.05, 0.1) is 6.08 Å². The molecule has 0 aromatic heterocycles. The molecule has 114 valence electrons. The van der Waals surface area contributed by atoms with E-state index in [1.807, 2.05) is 18.2 Å². The molecule has 1 N–H and O–H groups in total. The predicted octanol–water partition coefficient (Wildman–Crippen LogP) is 4.18. The van der Waals surface area contributed by atoms with Crippen LogP contribution >= 0.6 is 0 Å². The van der Waals surface area contributed by atoms with Gasteiger partial charge in [0.25, 0.3) is 0 Å². The highest BCUT2D eigenvalue weighted by atomic mass is 16.6. The van der Waals surface area contributed by atoms with Crippen LogP contribution in [0.2, 0.25) is 0 Å². The summed E-state index contributed by atoms with van der Waals surface area (Å²) in [5.41, 5.74) is 0.669. The topological polar surface area (TPSA) is 46.5 Å². The van der Waals surface area contributed by atoms with Crippen LogP contribution in [0, 0.1) is 5.92 Å². The Labute approximate surface area is 126 Å². The van der Waals surface area contributed by atoms with Crippen LogP contribution in [-0.4, -0.2) is 16.7 Å². The number of carbonyl (C=O) groups excluding carboxylic acids is 1. The fourth-order valence-electron chi connectivity index (χ4n) is 2.77. The second-order valence-corrected chi connectivity index (χ2v) is 6.33. The molecule has 21 heavy (non-hydrogen) atoms. The molecule has 1 aromatic rings.